The van der Waals surface area contributed by atoms with Crippen LogP contribution in [0.1, 0.15) is 18.9 Å². The molecule has 1 aliphatic heterocycles. The molecule has 3 rings (SSSR count). The maximum Gasteiger partial charge on any atom is 0.317 e. The third-order valence-corrected chi connectivity index (χ3v) is 4.83. The fourth-order valence-corrected chi connectivity index (χ4v) is 3.32. The molecule has 2 unspecified atom stereocenters. The number of hydrogen-bond donors (Lipinski definition) is 3. The molecule has 23 heavy (non-hydrogen) atoms. The van der Waals surface area contributed by atoms with E-state index in [0.29, 0.717) is 24.7 Å². The van der Waals surface area contributed by atoms with E-state index >= 15 is 0 Å². The van der Waals surface area contributed by atoms with Crippen LogP contribution < -0.4 is 5.32 Å². The van der Waals surface area contributed by atoms with Crippen LogP contribution in [0, 0.1) is 5.92 Å². The van der Waals surface area contributed by atoms with Crippen LogP contribution in [0.4, 0.5) is 4.79 Å². The van der Waals surface area contributed by atoms with Gasteiger partial charge in [0.25, 0.3) is 0 Å². The van der Waals surface area contributed by atoms with Gasteiger partial charge >= 0.3 is 6.03 Å². The maximum atomic E-state index is 12.2. The summed E-state index contributed by atoms with van der Waals surface area (Å²) in [5.74, 6) is 0.194. The van der Waals surface area contributed by atoms with Crippen LogP contribution >= 0.6 is 11.6 Å². The molecule has 1 aromatic heterocycles. The van der Waals surface area contributed by atoms with E-state index in [-0.39, 0.29) is 18.1 Å². The second kappa shape index (κ2) is 6.81. The number of amides is 2. The zero-order valence-electron chi connectivity index (χ0n) is 13.2. The predicted molar refractivity (Wildman–Crippen MR) is 91.8 cm³/mol. The summed E-state index contributed by atoms with van der Waals surface area (Å²) in [7, 11) is 0. The van der Waals surface area contributed by atoms with E-state index in [9.17, 15) is 9.90 Å². The van der Waals surface area contributed by atoms with Crippen molar-refractivity contribution in [1.82, 2.24) is 15.2 Å². The summed E-state index contributed by atoms with van der Waals surface area (Å²) in [4.78, 5) is 17.1. The van der Waals surface area contributed by atoms with Crippen molar-refractivity contribution in [2.45, 2.75) is 25.9 Å². The van der Waals surface area contributed by atoms with Crippen molar-refractivity contribution in [2.24, 2.45) is 5.92 Å². The van der Waals surface area contributed by atoms with Gasteiger partial charge in [-0.1, -0.05) is 17.7 Å². The number of urea groups is 1. The molecule has 2 amide bonds. The third-order valence-electron chi connectivity index (χ3n) is 4.59. The highest BCUT2D eigenvalue weighted by molar-refractivity contribution is 6.31. The van der Waals surface area contributed by atoms with Gasteiger partial charge < -0.3 is 20.3 Å². The number of carbonyl (C=O) groups excluding carboxylic acids is 1. The van der Waals surface area contributed by atoms with Gasteiger partial charge in [0.15, 0.2) is 0 Å². The average Bonchev–Trinajstić information content (AvgIpc) is 3.14. The number of nitrogens with zero attached hydrogens (tertiary/aromatic N) is 1. The van der Waals surface area contributed by atoms with Crippen molar-refractivity contribution >= 4 is 28.5 Å². The number of aromatic amines is 1. The maximum absolute atomic E-state index is 12.2. The number of fused-ring (bicyclic) bond motifs is 1. The van der Waals surface area contributed by atoms with Crippen LogP contribution in [-0.2, 0) is 6.42 Å². The minimum absolute atomic E-state index is 0.0453. The molecule has 0 aliphatic carbocycles. The first-order chi connectivity index (χ1) is 11.0. The molecule has 1 aliphatic rings. The number of halogens is 1. The lowest BCUT2D eigenvalue weighted by Crippen LogP contribution is -2.39. The fourth-order valence-electron chi connectivity index (χ4n) is 3.15. The number of likely N-dealkylation sites (tertiary alicyclic amines) is 1. The van der Waals surface area contributed by atoms with Crippen LogP contribution in [0.2, 0.25) is 5.02 Å². The van der Waals surface area contributed by atoms with Gasteiger partial charge in [0.2, 0.25) is 0 Å². The highest BCUT2D eigenvalue weighted by atomic mass is 35.5. The highest BCUT2D eigenvalue weighted by Gasteiger charge is 2.28. The van der Waals surface area contributed by atoms with Crippen molar-refractivity contribution in [3.8, 4) is 0 Å². The molecule has 0 radical (unpaired) electrons. The standard InChI is InChI=1S/C17H22ClN3O2/c1-11(22)13-5-7-21(10-13)17(23)19-6-4-12-9-20-16-8-14(18)2-3-15(12)16/h2-3,8-9,11,13,20,22H,4-7,10H2,1H3,(H,19,23). The second-order valence-electron chi connectivity index (χ2n) is 6.22. The van der Waals surface area contributed by atoms with E-state index in [0.717, 1.165) is 23.7 Å². The first kappa shape index (κ1) is 16.1. The number of nitrogens with one attached hydrogen (secondary N) is 2. The molecule has 0 bridgehead atoms. The van der Waals surface area contributed by atoms with Gasteiger partial charge in [0.1, 0.15) is 0 Å². The number of aromatic nitrogens is 1. The molecule has 2 atom stereocenters. The zero-order valence-corrected chi connectivity index (χ0v) is 13.9. The lowest BCUT2D eigenvalue weighted by Gasteiger charge is -2.18. The van der Waals surface area contributed by atoms with E-state index in [1.165, 1.54) is 5.56 Å². The molecule has 2 aromatic rings. The zero-order chi connectivity index (χ0) is 16.4. The monoisotopic (exact) mass is 335 g/mol. The number of aliphatic hydroxyl groups excluding tert-OH is 1. The van der Waals surface area contributed by atoms with Gasteiger partial charge in [-0.3, -0.25) is 0 Å². The molecular formula is C17H22ClN3O2. The summed E-state index contributed by atoms with van der Waals surface area (Å²) in [5.41, 5.74) is 2.18. The molecule has 1 fully saturated rings. The predicted octanol–water partition coefficient (Wildman–Crippen LogP) is 2.78. The normalized spacial score (nSPS) is 19.3. The largest absolute Gasteiger partial charge is 0.393 e. The first-order valence-electron chi connectivity index (χ1n) is 8.01. The Balaban J connectivity index is 1.52. The molecule has 5 nitrogen and oxygen atoms in total. The van der Waals surface area contributed by atoms with Crippen LogP contribution in [0.25, 0.3) is 10.9 Å². The second-order valence-corrected chi connectivity index (χ2v) is 6.66. The molecule has 0 spiro atoms. The van der Waals surface area contributed by atoms with Crippen LogP contribution in [0.5, 0.6) is 0 Å². The molecule has 2 heterocycles. The Kier molecular flexibility index (Phi) is 4.78. The number of H-pyrrole nitrogens is 1. The Labute approximate surface area is 140 Å². The SMILES string of the molecule is CC(O)C1CCN(C(=O)NCCc2c[nH]c3cc(Cl)ccc23)C1. The van der Waals surface area contributed by atoms with Crippen LogP contribution in [0.3, 0.4) is 0 Å². The molecule has 1 saturated heterocycles. The number of carbonyl (C=O) groups is 1. The fraction of sp³-hybridized carbons (Fsp3) is 0.471. The minimum atomic E-state index is -0.356. The summed E-state index contributed by atoms with van der Waals surface area (Å²) >= 11 is 5.98. The van der Waals surface area contributed by atoms with Gasteiger partial charge in [-0.05, 0) is 37.5 Å². The van der Waals surface area contributed by atoms with Gasteiger partial charge in [0, 0.05) is 47.7 Å². The summed E-state index contributed by atoms with van der Waals surface area (Å²) in [6.45, 7) is 3.72. The van der Waals surface area contributed by atoms with Gasteiger partial charge in [-0.15, -0.1) is 0 Å². The van der Waals surface area contributed by atoms with Crippen molar-refractivity contribution in [1.29, 1.82) is 0 Å². The Morgan fingerprint density at radius 2 is 2.39 bits per heavy atom. The Hall–Kier alpha value is -1.72. The van der Waals surface area contributed by atoms with E-state index in [1.807, 2.05) is 24.4 Å². The lowest BCUT2D eigenvalue weighted by molar-refractivity contribution is 0.129. The quantitative estimate of drug-likeness (QED) is 0.804. The third kappa shape index (κ3) is 3.62. The van der Waals surface area contributed by atoms with Gasteiger partial charge in [-0.25, -0.2) is 4.79 Å². The smallest absolute Gasteiger partial charge is 0.317 e. The lowest BCUT2D eigenvalue weighted by atomic mass is 10.0. The number of hydrogen-bond acceptors (Lipinski definition) is 2. The van der Waals surface area contributed by atoms with Crippen molar-refractivity contribution < 1.29 is 9.90 Å². The van der Waals surface area contributed by atoms with Gasteiger partial charge in [0.05, 0.1) is 6.10 Å². The van der Waals surface area contributed by atoms with Crippen molar-refractivity contribution in [3.05, 3.63) is 35.0 Å². The number of benzene rings is 1. The van der Waals surface area contributed by atoms with E-state index in [1.54, 1.807) is 11.8 Å². The topological polar surface area (TPSA) is 68.4 Å². The van der Waals surface area contributed by atoms with E-state index < -0.39 is 0 Å². The minimum Gasteiger partial charge on any atom is -0.393 e. The first-order valence-corrected chi connectivity index (χ1v) is 8.39. The molecule has 124 valence electrons. The van der Waals surface area contributed by atoms with Crippen molar-refractivity contribution in [3.63, 3.8) is 0 Å². The van der Waals surface area contributed by atoms with Gasteiger partial charge in [-0.2, -0.15) is 0 Å². The van der Waals surface area contributed by atoms with Crippen LogP contribution in [-0.4, -0.2) is 46.8 Å². The average molecular weight is 336 g/mol. The summed E-state index contributed by atoms with van der Waals surface area (Å²) in [6, 6.07) is 5.73. The molecule has 3 N–H and O–H groups in total. The number of rotatable bonds is 4. The number of aliphatic hydroxyl groups is 1. The Morgan fingerprint density at radius 1 is 1.57 bits per heavy atom. The van der Waals surface area contributed by atoms with Crippen molar-refractivity contribution in [2.75, 3.05) is 19.6 Å². The molecule has 0 saturated carbocycles. The summed E-state index contributed by atoms with van der Waals surface area (Å²) in [6.07, 6.45) is 3.24. The van der Waals surface area contributed by atoms with E-state index in [4.69, 9.17) is 11.6 Å². The molecule has 1 aromatic carbocycles. The Morgan fingerprint density at radius 3 is 3.13 bits per heavy atom. The molecule has 6 heteroatoms. The van der Waals surface area contributed by atoms with E-state index in [2.05, 4.69) is 10.3 Å². The molecular weight excluding hydrogens is 314 g/mol. The highest BCUT2D eigenvalue weighted by Crippen LogP contribution is 2.22. The summed E-state index contributed by atoms with van der Waals surface area (Å²) < 4.78 is 0. The summed E-state index contributed by atoms with van der Waals surface area (Å²) in [5, 5.41) is 14.4. The Bertz CT molecular complexity index is 698. The van der Waals surface area contributed by atoms with Crippen LogP contribution in [0.15, 0.2) is 24.4 Å².